The Kier molecular flexibility index (Phi) is 7.10. The van der Waals surface area contributed by atoms with Crippen LogP contribution in [0.2, 0.25) is 0 Å². The van der Waals surface area contributed by atoms with Crippen LogP contribution < -0.4 is 16.4 Å². The van der Waals surface area contributed by atoms with Crippen LogP contribution in [0.1, 0.15) is 10.4 Å². The Morgan fingerprint density at radius 3 is 1.90 bits per heavy atom. The molecular weight excluding hydrogens is 389 g/mol. The molecule has 3 amide bonds. The number of primary amides is 1. The van der Waals surface area contributed by atoms with E-state index in [0.29, 0.717) is 37.4 Å². The molecule has 0 bridgehead atoms. The third-order valence-electron chi connectivity index (χ3n) is 4.80. The maximum atomic E-state index is 13.6. The van der Waals surface area contributed by atoms with Gasteiger partial charge in [-0.15, -0.1) is 0 Å². The monoisotopic (exact) mass is 413 g/mol. The zero-order valence-corrected chi connectivity index (χ0v) is 16.4. The fraction of sp³-hybridized carbons (Fsp3) is 0.286. The number of carbonyl (C=O) groups is 3. The Bertz CT molecular complexity index is 911. The first-order chi connectivity index (χ1) is 14.4. The quantitative estimate of drug-likeness (QED) is 0.631. The molecule has 9 heteroatoms. The molecule has 30 heavy (non-hydrogen) atoms. The minimum Gasteiger partial charge on any atom is -0.366 e. The molecule has 0 atom stereocenters. The van der Waals surface area contributed by atoms with Gasteiger partial charge in [0.2, 0.25) is 17.7 Å². The van der Waals surface area contributed by atoms with E-state index in [4.69, 9.17) is 5.73 Å². The van der Waals surface area contributed by atoms with Crippen molar-refractivity contribution in [2.45, 2.75) is 0 Å². The van der Waals surface area contributed by atoms with E-state index < -0.39 is 11.7 Å². The predicted molar refractivity (Wildman–Crippen MR) is 111 cm³/mol. The highest BCUT2D eigenvalue weighted by Crippen LogP contribution is 2.13. The highest BCUT2D eigenvalue weighted by Gasteiger charge is 2.21. The third-order valence-corrected chi connectivity index (χ3v) is 4.80. The Labute approximate surface area is 173 Å². The molecule has 1 heterocycles. The van der Waals surface area contributed by atoms with E-state index in [0.717, 1.165) is 0 Å². The molecule has 2 aromatic carbocycles. The summed E-state index contributed by atoms with van der Waals surface area (Å²) in [7, 11) is 0. The van der Waals surface area contributed by atoms with Crippen molar-refractivity contribution in [2.75, 3.05) is 49.9 Å². The second-order valence-corrected chi connectivity index (χ2v) is 7.07. The number of halogens is 1. The average Bonchev–Trinajstić information content (AvgIpc) is 2.71. The van der Waals surface area contributed by atoms with E-state index in [2.05, 4.69) is 10.6 Å². The van der Waals surface area contributed by atoms with Crippen molar-refractivity contribution in [3.05, 3.63) is 59.9 Å². The maximum absolute atomic E-state index is 13.6. The standard InChI is InChI=1S/C21H24FN5O3/c22-17-3-1-2-4-18(17)25-20(29)14-27-11-9-26(10-12-27)13-19(28)24-16-7-5-15(6-8-16)21(23)30/h1-8H,9-14H2,(H2,23,30)(H,24,28)(H,25,29). The van der Waals surface area contributed by atoms with Gasteiger partial charge in [-0.2, -0.15) is 0 Å². The molecule has 0 spiro atoms. The summed E-state index contributed by atoms with van der Waals surface area (Å²) in [6.45, 7) is 2.94. The summed E-state index contributed by atoms with van der Waals surface area (Å²) in [5.74, 6) is -1.42. The van der Waals surface area contributed by atoms with E-state index in [1.807, 2.05) is 9.80 Å². The van der Waals surface area contributed by atoms with Gasteiger partial charge in [-0.1, -0.05) is 12.1 Å². The van der Waals surface area contributed by atoms with Gasteiger partial charge in [-0.3, -0.25) is 24.2 Å². The van der Waals surface area contributed by atoms with Crippen molar-refractivity contribution in [1.29, 1.82) is 0 Å². The number of para-hydroxylation sites is 1. The van der Waals surface area contributed by atoms with Crippen molar-refractivity contribution in [3.8, 4) is 0 Å². The van der Waals surface area contributed by atoms with Gasteiger partial charge in [0.15, 0.2) is 0 Å². The van der Waals surface area contributed by atoms with Crippen LogP contribution in [0.4, 0.5) is 15.8 Å². The fourth-order valence-electron chi connectivity index (χ4n) is 3.18. The molecule has 1 aliphatic heterocycles. The molecule has 1 fully saturated rings. The molecule has 0 aliphatic carbocycles. The van der Waals surface area contributed by atoms with Crippen LogP contribution in [-0.2, 0) is 9.59 Å². The van der Waals surface area contributed by atoms with Crippen molar-refractivity contribution in [2.24, 2.45) is 5.73 Å². The number of hydrogen-bond donors (Lipinski definition) is 3. The molecule has 0 saturated carbocycles. The Morgan fingerprint density at radius 2 is 1.37 bits per heavy atom. The lowest BCUT2D eigenvalue weighted by molar-refractivity contribution is -0.120. The Morgan fingerprint density at radius 1 is 0.833 bits per heavy atom. The Hall–Kier alpha value is -3.30. The van der Waals surface area contributed by atoms with Crippen LogP contribution in [0.15, 0.2) is 48.5 Å². The molecule has 0 aromatic heterocycles. The van der Waals surface area contributed by atoms with Crippen molar-refractivity contribution < 1.29 is 18.8 Å². The van der Waals surface area contributed by atoms with Crippen LogP contribution in [0.5, 0.6) is 0 Å². The SMILES string of the molecule is NC(=O)c1ccc(NC(=O)CN2CCN(CC(=O)Nc3ccccc3F)CC2)cc1. The predicted octanol–water partition coefficient (Wildman–Crippen LogP) is 1.12. The summed E-state index contributed by atoms with van der Waals surface area (Å²) in [5, 5.41) is 5.36. The number of anilines is 2. The van der Waals surface area contributed by atoms with E-state index in [9.17, 15) is 18.8 Å². The topological polar surface area (TPSA) is 108 Å². The normalized spacial score (nSPS) is 14.8. The number of carbonyl (C=O) groups excluding carboxylic acids is 3. The van der Waals surface area contributed by atoms with E-state index >= 15 is 0 Å². The van der Waals surface area contributed by atoms with Gasteiger partial charge >= 0.3 is 0 Å². The van der Waals surface area contributed by atoms with Crippen LogP contribution in [0.25, 0.3) is 0 Å². The van der Waals surface area contributed by atoms with E-state index in [1.54, 1.807) is 36.4 Å². The Balaban J connectivity index is 1.39. The van der Waals surface area contributed by atoms with Crippen molar-refractivity contribution >= 4 is 29.1 Å². The molecule has 2 aromatic rings. The van der Waals surface area contributed by atoms with Crippen molar-refractivity contribution in [3.63, 3.8) is 0 Å². The highest BCUT2D eigenvalue weighted by atomic mass is 19.1. The summed E-state index contributed by atoms with van der Waals surface area (Å²) in [5.41, 5.74) is 6.33. The third kappa shape index (κ3) is 6.10. The van der Waals surface area contributed by atoms with Crippen LogP contribution in [0, 0.1) is 5.82 Å². The number of nitrogens with one attached hydrogen (secondary N) is 2. The number of benzene rings is 2. The molecular formula is C21H24FN5O3. The van der Waals surface area contributed by atoms with E-state index in [-0.39, 0.29) is 30.6 Å². The number of nitrogens with two attached hydrogens (primary N) is 1. The number of rotatable bonds is 7. The van der Waals surface area contributed by atoms with Gasteiger partial charge in [0.1, 0.15) is 5.82 Å². The zero-order valence-electron chi connectivity index (χ0n) is 16.4. The molecule has 0 unspecified atom stereocenters. The summed E-state index contributed by atoms with van der Waals surface area (Å²) in [6.07, 6.45) is 0. The smallest absolute Gasteiger partial charge is 0.248 e. The highest BCUT2D eigenvalue weighted by molar-refractivity contribution is 5.95. The fourth-order valence-corrected chi connectivity index (χ4v) is 3.18. The number of hydrogen-bond acceptors (Lipinski definition) is 5. The number of piperazine rings is 1. The first-order valence-corrected chi connectivity index (χ1v) is 9.59. The van der Waals surface area contributed by atoms with Crippen LogP contribution >= 0.6 is 0 Å². The summed E-state index contributed by atoms with van der Waals surface area (Å²) < 4.78 is 13.6. The second kappa shape index (κ2) is 9.95. The minimum atomic E-state index is -0.520. The van der Waals surface area contributed by atoms with Gasteiger partial charge in [0.05, 0.1) is 18.8 Å². The molecule has 158 valence electrons. The number of amides is 3. The molecule has 1 aliphatic rings. The number of nitrogens with zero attached hydrogens (tertiary/aromatic N) is 2. The van der Waals surface area contributed by atoms with Gasteiger partial charge < -0.3 is 16.4 Å². The summed E-state index contributed by atoms with van der Waals surface area (Å²) in [6, 6.07) is 12.4. The average molecular weight is 413 g/mol. The van der Waals surface area contributed by atoms with Crippen LogP contribution in [-0.4, -0.2) is 66.8 Å². The first-order valence-electron chi connectivity index (χ1n) is 9.59. The van der Waals surface area contributed by atoms with Gasteiger partial charge in [0, 0.05) is 37.4 Å². The van der Waals surface area contributed by atoms with E-state index in [1.165, 1.54) is 12.1 Å². The lowest BCUT2D eigenvalue weighted by Gasteiger charge is -2.33. The van der Waals surface area contributed by atoms with Gasteiger partial charge in [-0.05, 0) is 36.4 Å². The lowest BCUT2D eigenvalue weighted by Crippen LogP contribution is -2.50. The molecule has 0 radical (unpaired) electrons. The lowest BCUT2D eigenvalue weighted by atomic mass is 10.2. The zero-order chi connectivity index (χ0) is 21.5. The van der Waals surface area contributed by atoms with Crippen molar-refractivity contribution in [1.82, 2.24) is 9.80 Å². The minimum absolute atomic E-state index is 0.160. The van der Waals surface area contributed by atoms with Crippen LogP contribution in [0.3, 0.4) is 0 Å². The molecule has 3 rings (SSSR count). The summed E-state index contributed by atoms with van der Waals surface area (Å²) >= 11 is 0. The summed E-state index contributed by atoms with van der Waals surface area (Å²) in [4.78, 5) is 39.4. The second-order valence-electron chi connectivity index (χ2n) is 7.07. The molecule has 8 nitrogen and oxygen atoms in total. The first kappa shape index (κ1) is 21.4. The largest absolute Gasteiger partial charge is 0.366 e. The maximum Gasteiger partial charge on any atom is 0.248 e. The van der Waals surface area contributed by atoms with Gasteiger partial charge in [-0.25, -0.2) is 4.39 Å². The van der Waals surface area contributed by atoms with Gasteiger partial charge in [0.25, 0.3) is 0 Å². The molecule has 1 saturated heterocycles. The molecule has 4 N–H and O–H groups in total.